The number of carbonyl (C=O) groups is 2. The third-order valence-corrected chi connectivity index (χ3v) is 4.76. The third-order valence-electron chi connectivity index (χ3n) is 4.76. The normalized spacial score (nSPS) is 13.9. The molecule has 0 atom stereocenters. The summed E-state index contributed by atoms with van der Waals surface area (Å²) in [5.41, 5.74) is 3.80. The summed E-state index contributed by atoms with van der Waals surface area (Å²) >= 11 is 0. The second kappa shape index (κ2) is 9.21. The molecule has 1 fully saturated rings. The van der Waals surface area contributed by atoms with Crippen LogP contribution in [0.4, 0.5) is 17.1 Å². The van der Waals surface area contributed by atoms with Crippen molar-refractivity contribution in [2.24, 2.45) is 0 Å². The van der Waals surface area contributed by atoms with Gasteiger partial charge < -0.3 is 15.5 Å². The highest BCUT2D eigenvalue weighted by molar-refractivity contribution is 5.93. The van der Waals surface area contributed by atoms with Crippen LogP contribution >= 0.6 is 0 Å². The summed E-state index contributed by atoms with van der Waals surface area (Å²) in [6, 6.07) is 15.7. The number of aryl methyl sites for hydroxylation is 1. The molecule has 0 radical (unpaired) electrons. The summed E-state index contributed by atoms with van der Waals surface area (Å²) in [6.45, 7) is 3.74. The predicted octanol–water partition coefficient (Wildman–Crippen LogP) is 4.21. The molecule has 1 saturated heterocycles. The zero-order chi connectivity index (χ0) is 19.1. The molecule has 2 amide bonds. The fourth-order valence-corrected chi connectivity index (χ4v) is 3.38. The molecule has 0 saturated carbocycles. The molecule has 1 heterocycles. The van der Waals surface area contributed by atoms with Gasteiger partial charge >= 0.3 is 0 Å². The molecular formula is C22H27N3O2. The van der Waals surface area contributed by atoms with Crippen LogP contribution in [0.3, 0.4) is 0 Å². The smallest absolute Gasteiger partial charge is 0.224 e. The second-order valence-corrected chi connectivity index (χ2v) is 7.02. The molecule has 2 aromatic carbocycles. The van der Waals surface area contributed by atoms with E-state index in [1.165, 1.54) is 31.9 Å². The first-order chi connectivity index (χ1) is 13.1. The summed E-state index contributed by atoms with van der Waals surface area (Å²) in [5, 5.41) is 5.60. The molecule has 0 bridgehead atoms. The minimum atomic E-state index is -0.133. The molecule has 5 heteroatoms. The summed E-state index contributed by atoms with van der Waals surface area (Å²) < 4.78 is 0. The van der Waals surface area contributed by atoms with Gasteiger partial charge in [-0.15, -0.1) is 0 Å². The number of rotatable bonds is 6. The minimum absolute atomic E-state index is 0.0323. The van der Waals surface area contributed by atoms with Crippen LogP contribution in [0.5, 0.6) is 0 Å². The Bertz CT molecular complexity index is 780. The zero-order valence-corrected chi connectivity index (χ0v) is 15.8. The lowest BCUT2D eigenvalue weighted by atomic mass is 10.1. The van der Waals surface area contributed by atoms with Crippen LogP contribution in [0, 0.1) is 0 Å². The van der Waals surface area contributed by atoms with Gasteiger partial charge in [0.1, 0.15) is 0 Å². The van der Waals surface area contributed by atoms with Crippen LogP contribution in [-0.2, 0) is 16.0 Å². The lowest BCUT2D eigenvalue weighted by Crippen LogP contribution is -2.29. The van der Waals surface area contributed by atoms with Crippen molar-refractivity contribution in [1.82, 2.24) is 0 Å². The monoisotopic (exact) mass is 365 g/mol. The van der Waals surface area contributed by atoms with E-state index in [-0.39, 0.29) is 11.8 Å². The maximum atomic E-state index is 12.2. The highest BCUT2D eigenvalue weighted by Crippen LogP contribution is 2.21. The number of hydrogen-bond donors (Lipinski definition) is 2. The van der Waals surface area contributed by atoms with Gasteiger partial charge in [-0.1, -0.05) is 18.2 Å². The highest BCUT2D eigenvalue weighted by atomic mass is 16.2. The van der Waals surface area contributed by atoms with Crippen molar-refractivity contribution in [3.8, 4) is 0 Å². The molecule has 1 aliphatic rings. The molecule has 142 valence electrons. The fourth-order valence-electron chi connectivity index (χ4n) is 3.38. The van der Waals surface area contributed by atoms with Crippen molar-refractivity contribution in [3.63, 3.8) is 0 Å². The van der Waals surface area contributed by atoms with Gasteiger partial charge in [-0.25, -0.2) is 0 Å². The number of nitrogens with one attached hydrogen (secondary N) is 2. The van der Waals surface area contributed by atoms with Crippen molar-refractivity contribution in [2.75, 3.05) is 28.6 Å². The Morgan fingerprint density at radius 1 is 0.926 bits per heavy atom. The quantitative estimate of drug-likeness (QED) is 0.806. The van der Waals surface area contributed by atoms with E-state index >= 15 is 0 Å². The number of piperidine rings is 1. The highest BCUT2D eigenvalue weighted by Gasteiger charge is 2.11. The van der Waals surface area contributed by atoms with Crippen LogP contribution in [-0.4, -0.2) is 24.9 Å². The first kappa shape index (κ1) is 19.0. The summed E-state index contributed by atoms with van der Waals surface area (Å²) in [5.74, 6) is -0.165. The lowest BCUT2D eigenvalue weighted by molar-refractivity contribution is -0.116. The Morgan fingerprint density at radius 2 is 1.59 bits per heavy atom. The average molecular weight is 365 g/mol. The number of carbonyl (C=O) groups excluding carboxylic acids is 2. The lowest BCUT2D eigenvalue weighted by Gasteiger charge is -2.28. The van der Waals surface area contributed by atoms with Crippen LogP contribution in [0.25, 0.3) is 0 Å². The molecule has 27 heavy (non-hydrogen) atoms. The van der Waals surface area contributed by atoms with E-state index in [9.17, 15) is 9.59 Å². The van der Waals surface area contributed by atoms with Gasteiger partial charge in [-0.3, -0.25) is 9.59 Å². The van der Waals surface area contributed by atoms with Crippen LogP contribution in [0.2, 0.25) is 0 Å². The predicted molar refractivity (Wildman–Crippen MR) is 110 cm³/mol. The summed E-state index contributed by atoms with van der Waals surface area (Å²) in [7, 11) is 0. The van der Waals surface area contributed by atoms with Gasteiger partial charge in [0.2, 0.25) is 11.8 Å². The molecule has 0 unspecified atom stereocenters. The van der Waals surface area contributed by atoms with Crippen LogP contribution < -0.4 is 15.5 Å². The zero-order valence-electron chi connectivity index (χ0n) is 15.8. The fraction of sp³-hybridized carbons (Fsp3) is 0.364. The van der Waals surface area contributed by atoms with Crippen LogP contribution in [0.15, 0.2) is 48.5 Å². The maximum absolute atomic E-state index is 12.2. The van der Waals surface area contributed by atoms with Gasteiger partial charge in [-0.05, 0) is 61.6 Å². The van der Waals surface area contributed by atoms with Crippen molar-refractivity contribution in [3.05, 3.63) is 54.1 Å². The molecular weight excluding hydrogens is 338 g/mol. The third kappa shape index (κ3) is 5.84. The average Bonchev–Trinajstić information content (AvgIpc) is 2.67. The number of hydrogen-bond acceptors (Lipinski definition) is 3. The van der Waals surface area contributed by atoms with Crippen molar-refractivity contribution < 1.29 is 9.59 Å². The maximum Gasteiger partial charge on any atom is 0.224 e. The van der Waals surface area contributed by atoms with Crippen LogP contribution in [0.1, 0.15) is 38.2 Å². The Morgan fingerprint density at radius 3 is 2.26 bits per heavy atom. The Kier molecular flexibility index (Phi) is 6.47. The molecule has 2 aromatic rings. The first-order valence-corrected chi connectivity index (χ1v) is 9.61. The SMILES string of the molecule is CC(=O)Nc1cccc(NC(=O)CCc2ccc(N3CCCCC3)cc2)c1. The van der Waals surface area contributed by atoms with Crippen molar-refractivity contribution >= 4 is 28.9 Å². The largest absolute Gasteiger partial charge is 0.372 e. The Balaban J connectivity index is 1.49. The first-order valence-electron chi connectivity index (χ1n) is 9.61. The van der Waals surface area contributed by atoms with Crippen molar-refractivity contribution in [1.29, 1.82) is 0 Å². The molecule has 1 aliphatic heterocycles. The van der Waals surface area contributed by atoms with Gasteiger partial charge in [-0.2, -0.15) is 0 Å². The van der Waals surface area contributed by atoms with E-state index in [0.717, 1.165) is 18.7 Å². The standard InChI is InChI=1S/C22H27N3O2/c1-17(26)23-19-6-5-7-20(16-19)24-22(27)13-10-18-8-11-21(12-9-18)25-14-3-2-4-15-25/h5-9,11-12,16H,2-4,10,13-15H2,1H3,(H,23,26)(H,24,27). The number of nitrogens with zero attached hydrogens (tertiary/aromatic N) is 1. The van der Waals surface area contributed by atoms with E-state index in [4.69, 9.17) is 0 Å². The summed E-state index contributed by atoms with van der Waals surface area (Å²) in [4.78, 5) is 25.8. The van der Waals surface area contributed by atoms with E-state index in [1.54, 1.807) is 18.2 Å². The second-order valence-electron chi connectivity index (χ2n) is 7.02. The van der Waals surface area contributed by atoms with Gasteiger partial charge in [0.15, 0.2) is 0 Å². The Hall–Kier alpha value is -2.82. The molecule has 3 rings (SSSR count). The number of benzene rings is 2. The van der Waals surface area contributed by atoms with E-state index in [0.29, 0.717) is 24.2 Å². The van der Waals surface area contributed by atoms with Gasteiger partial charge in [0.25, 0.3) is 0 Å². The van der Waals surface area contributed by atoms with E-state index in [2.05, 4.69) is 39.8 Å². The minimum Gasteiger partial charge on any atom is -0.372 e. The number of anilines is 3. The molecule has 0 aromatic heterocycles. The molecule has 0 spiro atoms. The van der Waals surface area contributed by atoms with Gasteiger partial charge in [0, 0.05) is 43.5 Å². The number of amides is 2. The van der Waals surface area contributed by atoms with Crippen molar-refractivity contribution in [2.45, 2.75) is 39.0 Å². The molecule has 5 nitrogen and oxygen atoms in total. The topological polar surface area (TPSA) is 61.4 Å². The summed E-state index contributed by atoms with van der Waals surface area (Å²) in [6.07, 6.45) is 5.00. The molecule has 0 aliphatic carbocycles. The Labute approximate surface area is 160 Å². The van der Waals surface area contributed by atoms with E-state index < -0.39 is 0 Å². The molecule has 2 N–H and O–H groups in total. The van der Waals surface area contributed by atoms with Gasteiger partial charge in [0.05, 0.1) is 0 Å². The van der Waals surface area contributed by atoms with E-state index in [1.807, 2.05) is 6.07 Å².